The Morgan fingerprint density at radius 3 is 3.18 bits per heavy atom. The lowest BCUT2D eigenvalue weighted by molar-refractivity contribution is 1.17. The second kappa shape index (κ2) is 2.27. The highest BCUT2D eigenvalue weighted by atomic mass is 14.9. The molecule has 2 aromatic heterocycles. The minimum Gasteiger partial charge on any atom is -0.251 e. The van der Waals surface area contributed by atoms with E-state index in [9.17, 15) is 0 Å². The van der Waals surface area contributed by atoms with Crippen LogP contribution in [0.4, 0.5) is 0 Å². The van der Waals surface area contributed by atoms with Crippen LogP contribution in [0.1, 0.15) is 7.06 Å². The molecule has 0 saturated carbocycles. The molecular formula is C8H7N3. The zero-order valence-electron chi connectivity index (χ0n) is 7.07. The Hall–Kier alpha value is -1.51. The van der Waals surface area contributed by atoms with Crippen LogP contribution >= 0.6 is 0 Å². The van der Waals surface area contributed by atoms with E-state index in [-0.39, 0.29) is 6.17 Å². The van der Waals surface area contributed by atoms with E-state index in [2.05, 4.69) is 15.0 Å². The van der Waals surface area contributed by atoms with Gasteiger partial charge in [0, 0.05) is 18.1 Å². The maximum Gasteiger partial charge on any atom is 0.178 e. The Balaban J connectivity index is 2.80. The fraction of sp³-hybridized carbons (Fsp3) is 0.125. The van der Waals surface area contributed by atoms with Gasteiger partial charge in [0.05, 0.1) is 1.37 Å². The van der Waals surface area contributed by atoms with Gasteiger partial charge in [-0.25, -0.2) is 9.97 Å². The van der Waals surface area contributed by atoms with Crippen LogP contribution in [-0.2, 0) is 0 Å². The van der Waals surface area contributed by atoms with Gasteiger partial charge in [-0.05, 0) is 19.1 Å². The van der Waals surface area contributed by atoms with Gasteiger partial charge in [0.2, 0.25) is 0 Å². The molecule has 11 heavy (non-hydrogen) atoms. The summed E-state index contributed by atoms with van der Waals surface area (Å²) < 4.78 is 7.23. The summed E-state index contributed by atoms with van der Waals surface area (Å²) in [4.78, 5) is 12.1. The van der Waals surface area contributed by atoms with Crippen LogP contribution in [0.25, 0.3) is 11.2 Å². The quantitative estimate of drug-likeness (QED) is 0.562. The molecule has 2 rings (SSSR count). The molecule has 54 valence electrons. The van der Waals surface area contributed by atoms with E-state index in [0.717, 1.165) is 11.2 Å². The number of hydrogen-bond donors (Lipinski definition) is 0. The van der Waals surface area contributed by atoms with Crippen molar-refractivity contribution in [2.75, 3.05) is 0 Å². The van der Waals surface area contributed by atoms with E-state index >= 15 is 0 Å². The fourth-order valence-electron chi connectivity index (χ4n) is 0.907. The third-order valence-electron chi connectivity index (χ3n) is 1.43. The molecule has 0 aliphatic carbocycles. The van der Waals surface area contributed by atoms with Crippen molar-refractivity contribution < 1.29 is 1.37 Å². The van der Waals surface area contributed by atoms with Crippen molar-refractivity contribution in [1.82, 2.24) is 15.0 Å². The summed E-state index contributed by atoms with van der Waals surface area (Å²) in [7, 11) is 0. The summed E-state index contributed by atoms with van der Waals surface area (Å²) in [5.74, 6) is 0. The predicted molar refractivity (Wildman–Crippen MR) is 42.1 cm³/mol. The van der Waals surface area contributed by atoms with Crippen molar-refractivity contribution in [1.29, 1.82) is 0 Å². The average molecular weight is 146 g/mol. The van der Waals surface area contributed by atoms with Crippen LogP contribution in [0.3, 0.4) is 0 Å². The SMILES string of the molecule is [2H]c1cnc2ccc(C)nc2n1. The molecule has 3 nitrogen and oxygen atoms in total. The smallest absolute Gasteiger partial charge is 0.178 e. The first-order chi connectivity index (χ1) is 5.75. The van der Waals surface area contributed by atoms with E-state index in [4.69, 9.17) is 1.37 Å². The highest BCUT2D eigenvalue weighted by Crippen LogP contribution is 2.04. The highest BCUT2D eigenvalue weighted by molar-refractivity contribution is 5.68. The maximum atomic E-state index is 7.23. The minimum absolute atomic E-state index is 0.153. The van der Waals surface area contributed by atoms with Crippen molar-refractivity contribution in [3.05, 3.63) is 30.2 Å². The number of pyridine rings is 1. The molecule has 0 radical (unpaired) electrons. The molecule has 0 N–H and O–H groups in total. The van der Waals surface area contributed by atoms with Crippen LogP contribution in [0, 0.1) is 6.92 Å². The molecule has 2 heterocycles. The van der Waals surface area contributed by atoms with Gasteiger partial charge in [0.25, 0.3) is 0 Å². The van der Waals surface area contributed by atoms with Crippen molar-refractivity contribution in [2.45, 2.75) is 6.92 Å². The van der Waals surface area contributed by atoms with Gasteiger partial charge in [-0.3, -0.25) is 4.98 Å². The zero-order chi connectivity index (χ0) is 8.55. The van der Waals surface area contributed by atoms with Crippen molar-refractivity contribution in [3.63, 3.8) is 0 Å². The third kappa shape index (κ3) is 1.05. The highest BCUT2D eigenvalue weighted by Gasteiger charge is 1.93. The Labute approximate surface area is 65.5 Å². The minimum atomic E-state index is 0.153. The molecule has 0 aliphatic rings. The molecule has 0 aliphatic heterocycles. The normalized spacial score (nSPS) is 11.5. The summed E-state index contributed by atoms with van der Waals surface area (Å²) in [5, 5.41) is 0. The van der Waals surface area contributed by atoms with E-state index in [0.29, 0.717) is 5.65 Å². The number of nitrogens with zero attached hydrogens (tertiary/aromatic N) is 3. The number of rotatable bonds is 0. The van der Waals surface area contributed by atoms with Crippen molar-refractivity contribution in [2.24, 2.45) is 0 Å². The summed E-state index contributed by atoms with van der Waals surface area (Å²) in [6.45, 7) is 1.89. The first-order valence-corrected chi connectivity index (χ1v) is 3.33. The summed E-state index contributed by atoms with van der Waals surface area (Å²) in [6.07, 6.45) is 1.57. The summed E-state index contributed by atoms with van der Waals surface area (Å²) in [6, 6.07) is 3.73. The first kappa shape index (κ1) is 5.18. The second-order valence-electron chi connectivity index (χ2n) is 2.29. The predicted octanol–water partition coefficient (Wildman–Crippen LogP) is 1.33. The van der Waals surface area contributed by atoms with Crippen LogP contribution < -0.4 is 0 Å². The molecule has 0 bridgehead atoms. The number of hydrogen-bond acceptors (Lipinski definition) is 3. The van der Waals surface area contributed by atoms with Gasteiger partial charge in [0.15, 0.2) is 5.65 Å². The van der Waals surface area contributed by atoms with Gasteiger partial charge >= 0.3 is 0 Å². The first-order valence-electron chi connectivity index (χ1n) is 3.83. The van der Waals surface area contributed by atoms with Gasteiger partial charge in [-0.15, -0.1) is 0 Å². The standard InChI is InChI=1S/C8H7N3/c1-6-2-3-7-8(11-6)10-5-4-9-7/h2-5H,1H3/i5D. The molecule has 0 amide bonds. The van der Waals surface area contributed by atoms with Crippen LogP contribution in [0.15, 0.2) is 24.5 Å². The van der Waals surface area contributed by atoms with E-state index in [1.165, 1.54) is 6.20 Å². The molecule has 0 saturated heterocycles. The Morgan fingerprint density at radius 2 is 2.27 bits per heavy atom. The average Bonchev–Trinajstić information content (AvgIpc) is 2.03. The third-order valence-corrected chi connectivity index (χ3v) is 1.43. The molecule has 0 atom stereocenters. The van der Waals surface area contributed by atoms with Crippen LogP contribution in [0.5, 0.6) is 0 Å². The monoisotopic (exact) mass is 146 g/mol. The topological polar surface area (TPSA) is 38.7 Å². The largest absolute Gasteiger partial charge is 0.251 e. The maximum absolute atomic E-state index is 7.23. The molecular weight excluding hydrogens is 138 g/mol. The van der Waals surface area contributed by atoms with Crippen molar-refractivity contribution in [3.8, 4) is 0 Å². The van der Waals surface area contributed by atoms with Crippen LogP contribution in [-0.4, -0.2) is 15.0 Å². The Morgan fingerprint density at radius 1 is 1.36 bits per heavy atom. The number of aromatic nitrogens is 3. The van der Waals surface area contributed by atoms with E-state index in [1.807, 2.05) is 19.1 Å². The molecule has 0 spiro atoms. The van der Waals surface area contributed by atoms with E-state index < -0.39 is 0 Å². The van der Waals surface area contributed by atoms with Crippen LogP contribution in [0.2, 0.25) is 0 Å². The number of aryl methyl sites for hydroxylation is 1. The lowest BCUT2D eigenvalue weighted by Gasteiger charge is -1.94. The van der Waals surface area contributed by atoms with E-state index in [1.54, 1.807) is 0 Å². The molecule has 3 heteroatoms. The lowest BCUT2D eigenvalue weighted by atomic mass is 10.3. The van der Waals surface area contributed by atoms with Gasteiger partial charge in [-0.2, -0.15) is 0 Å². The molecule has 0 aromatic carbocycles. The Bertz CT molecular complexity index is 391. The fourth-order valence-corrected chi connectivity index (χ4v) is 0.907. The Kier molecular flexibility index (Phi) is 1.07. The second-order valence-corrected chi connectivity index (χ2v) is 2.29. The number of fused-ring (bicyclic) bond motifs is 1. The van der Waals surface area contributed by atoms with Crippen molar-refractivity contribution >= 4 is 11.2 Å². The summed E-state index contributed by atoms with van der Waals surface area (Å²) in [5.41, 5.74) is 2.17. The van der Waals surface area contributed by atoms with Gasteiger partial charge < -0.3 is 0 Å². The van der Waals surface area contributed by atoms with Gasteiger partial charge in [-0.1, -0.05) is 0 Å². The molecule has 0 fully saturated rings. The molecule has 0 unspecified atom stereocenters. The summed E-state index contributed by atoms with van der Waals surface area (Å²) >= 11 is 0. The van der Waals surface area contributed by atoms with Gasteiger partial charge in [0.1, 0.15) is 5.52 Å². The lowest BCUT2D eigenvalue weighted by Crippen LogP contribution is -1.87. The molecule has 2 aromatic rings. The zero-order valence-corrected chi connectivity index (χ0v) is 6.07.